The normalized spacial score (nSPS) is 15.4. The summed E-state index contributed by atoms with van der Waals surface area (Å²) >= 11 is 0. The number of hydrogen-bond acceptors (Lipinski definition) is 3. The van der Waals surface area contributed by atoms with Crippen molar-refractivity contribution in [1.82, 2.24) is 15.1 Å². The van der Waals surface area contributed by atoms with Gasteiger partial charge in [0, 0.05) is 38.8 Å². The van der Waals surface area contributed by atoms with Crippen LogP contribution in [0.3, 0.4) is 0 Å². The Balaban J connectivity index is 4.67. The van der Waals surface area contributed by atoms with E-state index in [-0.39, 0.29) is 0 Å². The Morgan fingerprint density at radius 1 is 1.05 bits per heavy atom. The van der Waals surface area contributed by atoms with Crippen molar-refractivity contribution in [2.75, 3.05) is 46.8 Å². The minimum absolute atomic E-state index is 0.375. The summed E-state index contributed by atoms with van der Waals surface area (Å²) in [7, 11) is 4.33. The molecule has 3 heteroatoms. The Hall–Kier alpha value is -0.120. The zero-order valence-electron chi connectivity index (χ0n) is 16.0. The fraction of sp³-hybridized carbons (Fsp3) is 1.00. The van der Waals surface area contributed by atoms with Crippen molar-refractivity contribution in [3.8, 4) is 0 Å². The molecule has 1 unspecified atom stereocenters. The lowest BCUT2D eigenvalue weighted by molar-refractivity contribution is 0.127. The van der Waals surface area contributed by atoms with Crippen LogP contribution >= 0.6 is 0 Å². The summed E-state index contributed by atoms with van der Waals surface area (Å²) in [5.74, 6) is 0.732. The van der Waals surface area contributed by atoms with Gasteiger partial charge in [0.15, 0.2) is 0 Å². The monoisotopic (exact) mass is 299 g/mol. The second kappa shape index (κ2) is 10.6. The molecule has 1 atom stereocenters. The molecule has 0 amide bonds. The van der Waals surface area contributed by atoms with Crippen LogP contribution in [0.25, 0.3) is 0 Å². The first kappa shape index (κ1) is 20.9. The molecule has 128 valence electrons. The maximum absolute atomic E-state index is 3.66. The fourth-order valence-corrected chi connectivity index (χ4v) is 2.91. The van der Waals surface area contributed by atoms with Gasteiger partial charge in [0.05, 0.1) is 0 Å². The molecule has 21 heavy (non-hydrogen) atoms. The average Bonchev–Trinajstić information content (AvgIpc) is 2.33. The summed E-state index contributed by atoms with van der Waals surface area (Å²) < 4.78 is 0. The summed E-state index contributed by atoms with van der Waals surface area (Å²) in [4.78, 5) is 4.96. The smallest absolute Gasteiger partial charge is 0.0109 e. The molecule has 0 saturated heterocycles. The highest BCUT2D eigenvalue weighted by atomic mass is 15.2. The van der Waals surface area contributed by atoms with Crippen molar-refractivity contribution in [3.05, 3.63) is 0 Å². The predicted molar refractivity (Wildman–Crippen MR) is 96.0 cm³/mol. The Morgan fingerprint density at radius 2 is 1.67 bits per heavy atom. The number of likely N-dealkylation sites (N-methyl/N-ethyl adjacent to an activating group) is 1. The van der Waals surface area contributed by atoms with Gasteiger partial charge >= 0.3 is 0 Å². The quantitative estimate of drug-likeness (QED) is 0.596. The van der Waals surface area contributed by atoms with Gasteiger partial charge in [-0.3, -0.25) is 0 Å². The third-order valence-electron chi connectivity index (χ3n) is 3.88. The average molecular weight is 300 g/mol. The molecule has 0 aliphatic heterocycles. The lowest BCUT2D eigenvalue weighted by atomic mass is 9.84. The van der Waals surface area contributed by atoms with Crippen molar-refractivity contribution >= 4 is 0 Å². The molecule has 0 rings (SSSR count). The van der Waals surface area contributed by atoms with Crippen LogP contribution in [0, 0.1) is 11.3 Å². The predicted octanol–water partition coefficient (Wildman–Crippen LogP) is 3.31. The zero-order chi connectivity index (χ0) is 16.5. The number of nitrogens with one attached hydrogen (secondary N) is 1. The molecule has 0 heterocycles. The summed E-state index contributed by atoms with van der Waals surface area (Å²) in [5, 5.41) is 3.66. The van der Waals surface area contributed by atoms with Crippen LogP contribution < -0.4 is 5.32 Å². The molecule has 0 aliphatic carbocycles. The topological polar surface area (TPSA) is 18.5 Å². The lowest BCUT2D eigenvalue weighted by Crippen LogP contribution is -2.46. The summed E-state index contributed by atoms with van der Waals surface area (Å²) in [6.07, 6.45) is 2.56. The van der Waals surface area contributed by atoms with Gasteiger partial charge in [-0.25, -0.2) is 0 Å². The van der Waals surface area contributed by atoms with Crippen LogP contribution in [0.1, 0.15) is 54.4 Å². The van der Waals surface area contributed by atoms with Crippen LogP contribution in [0.5, 0.6) is 0 Å². The van der Waals surface area contributed by atoms with E-state index in [9.17, 15) is 0 Å². The van der Waals surface area contributed by atoms with Gasteiger partial charge in [-0.05, 0) is 31.8 Å². The lowest BCUT2D eigenvalue weighted by Gasteiger charge is -2.37. The molecule has 0 aliphatic rings. The molecular formula is C18H41N3. The van der Waals surface area contributed by atoms with Gasteiger partial charge in [0.1, 0.15) is 0 Å². The Labute approximate surface area is 134 Å². The van der Waals surface area contributed by atoms with Gasteiger partial charge in [0.2, 0.25) is 0 Å². The van der Waals surface area contributed by atoms with E-state index in [4.69, 9.17) is 0 Å². The Bertz CT molecular complexity index is 251. The van der Waals surface area contributed by atoms with Crippen LogP contribution in [-0.2, 0) is 0 Å². The maximum Gasteiger partial charge on any atom is 0.0109 e. The van der Waals surface area contributed by atoms with Gasteiger partial charge in [-0.15, -0.1) is 0 Å². The molecule has 0 radical (unpaired) electrons. The molecule has 1 N–H and O–H groups in total. The second-order valence-electron chi connectivity index (χ2n) is 8.03. The zero-order valence-corrected chi connectivity index (χ0v) is 16.0. The first-order valence-electron chi connectivity index (χ1n) is 8.79. The number of hydrogen-bond donors (Lipinski definition) is 1. The SMILES string of the molecule is CCCC(C)(CNC(C)C)CN(CCN(C)C)CC(C)C. The molecule has 0 aromatic carbocycles. The minimum atomic E-state index is 0.375. The number of rotatable bonds is 12. The number of nitrogens with zero attached hydrogens (tertiary/aromatic N) is 2. The fourth-order valence-electron chi connectivity index (χ4n) is 2.91. The van der Waals surface area contributed by atoms with Crippen LogP contribution in [0.15, 0.2) is 0 Å². The van der Waals surface area contributed by atoms with Crippen molar-refractivity contribution in [2.45, 2.75) is 60.4 Å². The second-order valence-corrected chi connectivity index (χ2v) is 8.03. The highest BCUT2D eigenvalue weighted by Gasteiger charge is 2.26. The van der Waals surface area contributed by atoms with E-state index in [0.29, 0.717) is 11.5 Å². The van der Waals surface area contributed by atoms with E-state index in [0.717, 1.165) is 19.0 Å². The molecule has 0 fully saturated rings. The molecule has 0 aromatic heterocycles. The molecular weight excluding hydrogens is 258 g/mol. The van der Waals surface area contributed by atoms with Crippen molar-refractivity contribution in [3.63, 3.8) is 0 Å². The van der Waals surface area contributed by atoms with E-state index in [2.05, 4.69) is 70.8 Å². The Kier molecular flexibility index (Phi) is 10.5. The van der Waals surface area contributed by atoms with Crippen LogP contribution in [0.2, 0.25) is 0 Å². The van der Waals surface area contributed by atoms with E-state index in [1.54, 1.807) is 0 Å². The van der Waals surface area contributed by atoms with Crippen LogP contribution in [-0.4, -0.2) is 62.7 Å². The highest BCUT2D eigenvalue weighted by Crippen LogP contribution is 2.24. The summed E-state index contributed by atoms with van der Waals surface area (Å²) in [6, 6.07) is 0.571. The van der Waals surface area contributed by atoms with Gasteiger partial charge < -0.3 is 15.1 Å². The Morgan fingerprint density at radius 3 is 2.10 bits per heavy atom. The van der Waals surface area contributed by atoms with Crippen molar-refractivity contribution in [1.29, 1.82) is 0 Å². The molecule has 0 spiro atoms. The van der Waals surface area contributed by atoms with Gasteiger partial charge in [0.25, 0.3) is 0 Å². The van der Waals surface area contributed by atoms with Gasteiger partial charge in [-0.1, -0.05) is 48.0 Å². The highest BCUT2D eigenvalue weighted by molar-refractivity contribution is 4.82. The first-order valence-corrected chi connectivity index (χ1v) is 8.79. The third kappa shape index (κ3) is 11.1. The van der Waals surface area contributed by atoms with E-state index >= 15 is 0 Å². The first-order chi connectivity index (χ1) is 9.68. The van der Waals surface area contributed by atoms with E-state index in [1.807, 2.05) is 0 Å². The molecule has 0 bridgehead atoms. The minimum Gasteiger partial charge on any atom is -0.314 e. The summed E-state index contributed by atoms with van der Waals surface area (Å²) in [5.41, 5.74) is 0.375. The standard InChI is InChI=1S/C18H41N3/c1-9-10-18(6,14-19-17(4)5)15-21(13-16(2)3)12-11-20(7)8/h16-17,19H,9-15H2,1-8H3. The molecule has 0 aromatic rings. The van der Waals surface area contributed by atoms with Gasteiger partial charge in [-0.2, -0.15) is 0 Å². The van der Waals surface area contributed by atoms with E-state index < -0.39 is 0 Å². The van der Waals surface area contributed by atoms with E-state index in [1.165, 1.54) is 32.5 Å². The molecule has 0 saturated carbocycles. The van der Waals surface area contributed by atoms with Crippen LogP contribution in [0.4, 0.5) is 0 Å². The largest absolute Gasteiger partial charge is 0.314 e. The molecule has 3 nitrogen and oxygen atoms in total. The third-order valence-corrected chi connectivity index (χ3v) is 3.88. The van der Waals surface area contributed by atoms with Crippen molar-refractivity contribution < 1.29 is 0 Å². The maximum atomic E-state index is 3.66. The summed E-state index contributed by atoms with van der Waals surface area (Å²) in [6.45, 7) is 19.7. The van der Waals surface area contributed by atoms with Crippen molar-refractivity contribution in [2.24, 2.45) is 11.3 Å².